The molecule has 0 unspecified atom stereocenters. The minimum atomic E-state index is -0.977. The number of hydrogen-bond acceptors (Lipinski definition) is 4. The maximum absolute atomic E-state index is 10.9. The number of nitrogens with zero attached hydrogens (tertiary/aromatic N) is 3. The number of rotatable bonds is 5. The fraction of sp³-hybridized carbons (Fsp3) is 0.133. The van der Waals surface area contributed by atoms with Crippen LogP contribution in [0.1, 0.15) is 16.2 Å². The summed E-state index contributed by atoms with van der Waals surface area (Å²) in [5, 5.41) is 13.2. The van der Waals surface area contributed by atoms with Crippen LogP contribution in [0.2, 0.25) is 0 Å². The topological polar surface area (TPSA) is 76.7 Å². The molecule has 6 heteroatoms. The van der Waals surface area contributed by atoms with E-state index in [-0.39, 0.29) is 5.56 Å². The van der Waals surface area contributed by atoms with Gasteiger partial charge < -0.3 is 9.84 Å². The lowest BCUT2D eigenvalue weighted by molar-refractivity contribution is 0.0697. The van der Waals surface area contributed by atoms with Crippen LogP contribution in [0, 0.1) is 0 Å². The molecule has 6 nitrogen and oxygen atoms in total. The molecule has 106 valence electrons. The molecule has 0 fully saturated rings. The Morgan fingerprint density at radius 3 is 2.81 bits per heavy atom. The van der Waals surface area contributed by atoms with E-state index in [0.29, 0.717) is 24.5 Å². The summed E-state index contributed by atoms with van der Waals surface area (Å²) in [5.74, 6) is 0.442. The van der Waals surface area contributed by atoms with Crippen molar-refractivity contribution in [2.75, 3.05) is 6.61 Å². The first kappa shape index (κ1) is 13.1. The molecule has 1 aromatic carbocycles. The first-order chi connectivity index (χ1) is 10.2. The zero-order valence-corrected chi connectivity index (χ0v) is 11.1. The lowest BCUT2D eigenvalue weighted by Crippen LogP contribution is -2.02. The van der Waals surface area contributed by atoms with E-state index in [2.05, 4.69) is 10.1 Å². The van der Waals surface area contributed by atoms with E-state index >= 15 is 0 Å². The highest BCUT2D eigenvalue weighted by Gasteiger charge is 2.08. The molecule has 1 N–H and O–H groups in total. The average Bonchev–Trinajstić information content (AvgIpc) is 2.90. The number of carbonyl (C=O) groups is 1. The molecule has 0 spiro atoms. The Kier molecular flexibility index (Phi) is 3.51. The fourth-order valence-electron chi connectivity index (χ4n) is 1.94. The van der Waals surface area contributed by atoms with Crippen LogP contribution in [0.15, 0.2) is 48.7 Å². The molecule has 0 aliphatic carbocycles. The van der Waals surface area contributed by atoms with Gasteiger partial charge in [0.2, 0.25) is 0 Å². The molecule has 0 amide bonds. The molecular formula is C15H13N3O3. The van der Waals surface area contributed by atoms with Crippen molar-refractivity contribution in [2.45, 2.75) is 6.42 Å². The molecule has 0 radical (unpaired) electrons. The van der Waals surface area contributed by atoms with Gasteiger partial charge in [0.05, 0.1) is 12.2 Å². The molecule has 0 bridgehead atoms. The maximum atomic E-state index is 10.9. The highest BCUT2D eigenvalue weighted by atomic mass is 16.5. The number of ether oxygens (including phenoxy) is 1. The predicted molar refractivity (Wildman–Crippen MR) is 75.6 cm³/mol. The van der Waals surface area contributed by atoms with E-state index in [9.17, 15) is 4.79 Å². The number of fused-ring (bicyclic) bond motifs is 1. The summed E-state index contributed by atoms with van der Waals surface area (Å²) >= 11 is 0. The number of aromatic carboxylic acids is 1. The molecule has 0 atom stereocenters. The van der Waals surface area contributed by atoms with E-state index in [4.69, 9.17) is 9.84 Å². The smallest absolute Gasteiger partial charge is 0.335 e. The van der Waals surface area contributed by atoms with Crippen LogP contribution in [-0.2, 0) is 6.42 Å². The van der Waals surface area contributed by atoms with E-state index in [1.54, 1.807) is 10.7 Å². The minimum absolute atomic E-state index is 0.196. The van der Waals surface area contributed by atoms with Crippen molar-refractivity contribution in [1.29, 1.82) is 0 Å². The molecule has 0 aliphatic rings. The van der Waals surface area contributed by atoms with Crippen molar-refractivity contribution in [2.24, 2.45) is 0 Å². The van der Waals surface area contributed by atoms with E-state index in [0.717, 1.165) is 5.75 Å². The summed E-state index contributed by atoms with van der Waals surface area (Å²) in [7, 11) is 0. The van der Waals surface area contributed by atoms with Crippen molar-refractivity contribution in [1.82, 2.24) is 14.6 Å². The zero-order valence-electron chi connectivity index (χ0n) is 11.1. The first-order valence-corrected chi connectivity index (χ1v) is 6.49. The Balaban J connectivity index is 1.68. The third-order valence-electron chi connectivity index (χ3n) is 2.97. The molecule has 3 rings (SSSR count). The van der Waals surface area contributed by atoms with Gasteiger partial charge in [-0.3, -0.25) is 0 Å². The number of hydrogen-bond donors (Lipinski definition) is 1. The monoisotopic (exact) mass is 283 g/mol. The minimum Gasteiger partial charge on any atom is -0.493 e. The molecule has 3 aromatic rings. The second-order valence-electron chi connectivity index (χ2n) is 4.46. The third kappa shape index (κ3) is 3.00. The highest BCUT2D eigenvalue weighted by Crippen LogP contribution is 2.10. The van der Waals surface area contributed by atoms with Gasteiger partial charge >= 0.3 is 5.97 Å². The standard InChI is InChI=1S/C15H13N3O3/c19-15(20)11-6-8-18-14(10-11)16-13(17-18)7-9-21-12-4-2-1-3-5-12/h1-6,8,10H,7,9H2,(H,19,20). The first-order valence-electron chi connectivity index (χ1n) is 6.49. The summed E-state index contributed by atoms with van der Waals surface area (Å²) in [6.45, 7) is 0.465. The van der Waals surface area contributed by atoms with Crippen molar-refractivity contribution >= 4 is 11.6 Å². The number of benzene rings is 1. The molecule has 2 aromatic heterocycles. The molecule has 0 saturated heterocycles. The van der Waals surface area contributed by atoms with E-state index in [1.165, 1.54) is 12.1 Å². The van der Waals surface area contributed by atoms with Gasteiger partial charge in [-0.15, -0.1) is 0 Å². The molecular weight excluding hydrogens is 270 g/mol. The van der Waals surface area contributed by atoms with Crippen LogP contribution in [0.5, 0.6) is 5.75 Å². The summed E-state index contributed by atoms with van der Waals surface area (Å²) < 4.78 is 7.14. The van der Waals surface area contributed by atoms with Crippen LogP contribution >= 0.6 is 0 Å². The largest absolute Gasteiger partial charge is 0.493 e. The predicted octanol–water partition coefficient (Wildman–Crippen LogP) is 2.05. The number of carboxylic acids is 1. The van der Waals surface area contributed by atoms with Crippen molar-refractivity contribution < 1.29 is 14.6 Å². The summed E-state index contributed by atoms with van der Waals surface area (Å²) in [4.78, 5) is 15.2. The van der Waals surface area contributed by atoms with Gasteiger partial charge in [0.15, 0.2) is 11.5 Å². The number of pyridine rings is 1. The van der Waals surface area contributed by atoms with Crippen LogP contribution in [-0.4, -0.2) is 32.3 Å². The lowest BCUT2D eigenvalue weighted by atomic mass is 10.3. The SMILES string of the molecule is O=C(O)c1ccn2nc(CCOc3ccccc3)nc2c1. The zero-order chi connectivity index (χ0) is 14.7. The quantitative estimate of drug-likeness (QED) is 0.775. The summed E-state index contributed by atoms with van der Waals surface area (Å²) in [6.07, 6.45) is 2.15. The maximum Gasteiger partial charge on any atom is 0.335 e. The summed E-state index contributed by atoms with van der Waals surface area (Å²) in [6, 6.07) is 12.5. The molecule has 0 aliphatic heterocycles. The van der Waals surface area contributed by atoms with Gasteiger partial charge in [0.25, 0.3) is 0 Å². The van der Waals surface area contributed by atoms with Crippen molar-refractivity contribution in [3.63, 3.8) is 0 Å². The Bertz CT molecular complexity index is 768. The van der Waals surface area contributed by atoms with Crippen molar-refractivity contribution in [3.05, 3.63) is 60.0 Å². The Morgan fingerprint density at radius 1 is 1.24 bits per heavy atom. The van der Waals surface area contributed by atoms with Gasteiger partial charge in [-0.2, -0.15) is 5.10 Å². The average molecular weight is 283 g/mol. The van der Waals surface area contributed by atoms with Crippen molar-refractivity contribution in [3.8, 4) is 5.75 Å². The number of carboxylic acid groups (broad SMARTS) is 1. The Morgan fingerprint density at radius 2 is 2.05 bits per heavy atom. The van der Waals surface area contributed by atoms with E-state index in [1.807, 2.05) is 30.3 Å². The van der Waals surface area contributed by atoms with Crippen LogP contribution in [0.4, 0.5) is 0 Å². The number of aromatic nitrogens is 3. The van der Waals surface area contributed by atoms with Gasteiger partial charge in [0, 0.05) is 12.6 Å². The van der Waals surface area contributed by atoms with E-state index < -0.39 is 5.97 Å². The second-order valence-corrected chi connectivity index (χ2v) is 4.46. The van der Waals surface area contributed by atoms with Gasteiger partial charge in [-0.05, 0) is 24.3 Å². The van der Waals surface area contributed by atoms with Crippen LogP contribution < -0.4 is 4.74 Å². The van der Waals surface area contributed by atoms with Gasteiger partial charge in [0.1, 0.15) is 5.75 Å². The second kappa shape index (κ2) is 5.62. The lowest BCUT2D eigenvalue weighted by Gasteiger charge is -2.03. The normalized spacial score (nSPS) is 10.7. The molecule has 21 heavy (non-hydrogen) atoms. The summed E-state index contributed by atoms with van der Waals surface area (Å²) in [5.41, 5.74) is 0.714. The van der Waals surface area contributed by atoms with Crippen LogP contribution in [0.25, 0.3) is 5.65 Å². The third-order valence-corrected chi connectivity index (χ3v) is 2.97. The van der Waals surface area contributed by atoms with Gasteiger partial charge in [-0.25, -0.2) is 14.3 Å². The van der Waals surface area contributed by atoms with Crippen LogP contribution in [0.3, 0.4) is 0 Å². The molecule has 0 saturated carbocycles. The fourth-order valence-corrected chi connectivity index (χ4v) is 1.94. The molecule has 2 heterocycles. The highest BCUT2D eigenvalue weighted by molar-refractivity contribution is 5.88. The Labute approximate surface area is 120 Å². The number of para-hydroxylation sites is 1. The Hall–Kier alpha value is -2.89. The van der Waals surface area contributed by atoms with Gasteiger partial charge in [-0.1, -0.05) is 18.2 Å².